The third-order valence-corrected chi connectivity index (χ3v) is 7.32. The van der Waals surface area contributed by atoms with Crippen LogP contribution in [0.3, 0.4) is 0 Å². The van der Waals surface area contributed by atoms with Crippen LogP contribution in [0.2, 0.25) is 0 Å². The number of hydrogen-bond acceptors (Lipinski definition) is 4. The minimum atomic E-state index is -0.319. The highest BCUT2D eigenvalue weighted by Crippen LogP contribution is 2.49. The monoisotopic (exact) mass is 443 g/mol. The van der Waals surface area contributed by atoms with Crippen LogP contribution in [0.25, 0.3) is 10.8 Å². The first-order valence-corrected chi connectivity index (χ1v) is 11.8. The maximum Gasteiger partial charge on any atom is 0.252 e. The number of amides is 1. The molecule has 3 aromatic carbocycles. The van der Waals surface area contributed by atoms with Gasteiger partial charge in [-0.1, -0.05) is 30.3 Å². The van der Waals surface area contributed by atoms with E-state index in [1.54, 1.807) is 0 Å². The van der Waals surface area contributed by atoms with Gasteiger partial charge in [-0.3, -0.25) is 9.69 Å². The SMILES string of the molecule is Cc1ccc(OCC2CCN2C)cc1C(=O)NC1(c2cc(N(C)C)cc3ccccc23)CC1. The van der Waals surface area contributed by atoms with Gasteiger partial charge in [-0.05, 0) is 85.9 Å². The first-order valence-electron chi connectivity index (χ1n) is 11.8. The van der Waals surface area contributed by atoms with E-state index in [1.165, 1.54) is 16.3 Å². The van der Waals surface area contributed by atoms with Crippen molar-refractivity contribution in [1.29, 1.82) is 0 Å². The highest BCUT2D eigenvalue weighted by Gasteiger charge is 2.47. The maximum atomic E-state index is 13.5. The zero-order valence-corrected chi connectivity index (χ0v) is 20.0. The quantitative estimate of drug-likeness (QED) is 0.574. The zero-order chi connectivity index (χ0) is 23.2. The van der Waals surface area contributed by atoms with Crippen molar-refractivity contribution < 1.29 is 9.53 Å². The second kappa shape index (κ2) is 8.38. The van der Waals surface area contributed by atoms with Crippen LogP contribution in [0.5, 0.6) is 5.75 Å². The molecule has 0 bridgehead atoms. The second-order valence-corrected chi connectivity index (χ2v) is 9.86. The van der Waals surface area contributed by atoms with Gasteiger partial charge in [-0.15, -0.1) is 0 Å². The molecule has 33 heavy (non-hydrogen) atoms. The summed E-state index contributed by atoms with van der Waals surface area (Å²) in [7, 11) is 6.24. The van der Waals surface area contributed by atoms with E-state index in [2.05, 4.69) is 72.7 Å². The number of ether oxygens (including phenoxy) is 1. The molecule has 5 heteroatoms. The van der Waals surface area contributed by atoms with Crippen molar-refractivity contribution in [2.45, 2.75) is 37.8 Å². The number of carbonyl (C=O) groups excluding carboxylic acids is 1. The van der Waals surface area contributed by atoms with E-state index in [9.17, 15) is 4.79 Å². The Labute approximate surface area is 196 Å². The van der Waals surface area contributed by atoms with E-state index in [4.69, 9.17) is 4.74 Å². The summed E-state index contributed by atoms with van der Waals surface area (Å²) in [4.78, 5) is 17.9. The van der Waals surface area contributed by atoms with Crippen molar-refractivity contribution in [3.05, 3.63) is 71.3 Å². The van der Waals surface area contributed by atoms with Gasteiger partial charge in [0.05, 0.1) is 5.54 Å². The largest absolute Gasteiger partial charge is 0.492 e. The molecule has 5 rings (SSSR count). The average Bonchev–Trinajstić information content (AvgIpc) is 3.58. The molecule has 1 amide bonds. The minimum Gasteiger partial charge on any atom is -0.492 e. The van der Waals surface area contributed by atoms with Crippen molar-refractivity contribution >= 4 is 22.4 Å². The molecule has 1 N–H and O–H groups in total. The molecule has 0 radical (unpaired) electrons. The Hall–Kier alpha value is -3.05. The smallest absolute Gasteiger partial charge is 0.252 e. The first-order chi connectivity index (χ1) is 15.9. The number of benzene rings is 3. The lowest BCUT2D eigenvalue weighted by Gasteiger charge is -2.37. The Morgan fingerprint density at radius 2 is 1.94 bits per heavy atom. The summed E-state index contributed by atoms with van der Waals surface area (Å²) in [6.07, 6.45) is 3.06. The van der Waals surface area contributed by atoms with Gasteiger partial charge in [0, 0.05) is 31.4 Å². The van der Waals surface area contributed by atoms with E-state index in [-0.39, 0.29) is 11.4 Å². The van der Waals surface area contributed by atoms with Gasteiger partial charge in [0.25, 0.3) is 5.91 Å². The number of nitrogens with zero attached hydrogens (tertiary/aromatic N) is 2. The number of aryl methyl sites for hydroxylation is 1. The molecule has 1 aliphatic heterocycles. The molecule has 172 valence electrons. The van der Waals surface area contributed by atoms with Crippen LogP contribution in [0, 0.1) is 6.92 Å². The Morgan fingerprint density at radius 1 is 1.15 bits per heavy atom. The van der Waals surface area contributed by atoms with Crippen molar-refractivity contribution in [2.24, 2.45) is 0 Å². The number of rotatable bonds is 7. The Balaban J connectivity index is 1.41. The molecule has 1 unspecified atom stereocenters. The molecule has 1 saturated heterocycles. The van der Waals surface area contributed by atoms with Crippen molar-refractivity contribution in [3.8, 4) is 5.75 Å². The molecule has 1 atom stereocenters. The van der Waals surface area contributed by atoms with Crippen molar-refractivity contribution in [2.75, 3.05) is 39.2 Å². The molecule has 0 spiro atoms. The first kappa shape index (κ1) is 21.8. The maximum absolute atomic E-state index is 13.5. The van der Waals surface area contributed by atoms with E-state index in [0.29, 0.717) is 18.2 Å². The standard InChI is InChI=1S/C28H33N3O2/c1-19-9-10-23(33-18-21-11-14-31(21)4)17-25(19)27(32)29-28(12-13-28)26-16-22(30(2)3)15-20-7-5-6-8-24(20)26/h5-10,15-17,21H,11-14,18H2,1-4H3,(H,29,32). The summed E-state index contributed by atoms with van der Waals surface area (Å²) in [6.45, 7) is 3.77. The Bertz CT molecular complexity index is 1200. The van der Waals surface area contributed by atoms with Gasteiger partial charge in [0.2, 0.25) is 0 Å². The summed E-state index contributed by atoms with van der Waals surface area (Å²) >= 11 is 0. The lowest BCUT2D eigenvalue weighted by atomic mass is 9.95. The Morgan fingerprint density at radius 3 is 2.61 bits per heavy atom. The third kappa shape index (κ3) is 4.18. The van der Waals surface area contributed by atoms with Crippen LogP contribution in [0.15, 0.2) is 54.6 Å². The molecule has 2 aliphatic rings. The van der Waals surface area contributed by atoms with Crippen molar-refractivity contribution in [1.82, 2.24) is 10.2 Å². The number of nitrogens with one attached hydrogen (secondary N) is 1. The predicted octanol–water partition coefficient (Wildman–Crippen LogP) is 4.72. The molecule has 1 heterocycles. The van der Waals surface area contributed by atoms with Crippen LogP contribution in [0.1, 0.15) is 40.7 Å². The fraction of sp³-hybridized carbons (Fsp3) is 0.393. The summed E-state index contributed by atoms with van der Waals surface area (Å²) in [5.74, 6) is 0.728. The van der Waals surface area contributed by atoms with Crippen LogP contribution in [-0.4, -0.2) is 51.1 Å². The molecule has 1 saturated carbocycles. The molecule has 5 nitrogen and oxygen atoms in total. The summed E-state index contributed by atoms with van der Waals surface area (Å²) in [5, 5.41) is 5.81. The predicted molar refractivity (Wildman–Crippen MR) is 134 cm³/mol. The summed E-state index contributed by atoms with van der Waals surface area (Å²) < 4.78 is 6.03. The number of fused-ring (bicyclic) bond motifs is 1. The fourth-order valence-corrected chi connectivity index (χ4v) is 4.73. The summed E-state index contributed by atoms with van der Waals surface area (Å²) in [5.41, 5.74) is 3.69. The van der Waals surface area contributed by atoms with Crippen LogP contribution in [0.4, 0.5) is 5.69 Å². The second-order valence-electron chi connectivity index (χ2n) is 9.86. The molecule has 1 aliphatic carbocycles. The lowest BCUT2D eigenvalue weighted by molar-refractivity contribution is 0.0767. The van der Waals surface area contributed by atoms with E-state index in [1.807, 2.05) is 25.1 Å². The molecule has 3 aromatic rings. The highest BCUT2D eigenvalue weighted by atomic mass is 16.5. The van der Waals surface area contributed by atoms with Crippen LogP contribution >= 0.6 is 0 Å². The minimum absolute atomic E-state index is 0.0319. The van der Waals surface area contributed by atoms with Gasteiger partial charge in [-0.25, -0.2) is 0 Å². The molecule has 2 fully saturated rings. The Kier molecular flexibility index (Phi) is 5.53. The normalized spacial score (nSPS) is 19.1. The van der Waals surface area contributed by atoms with Gasteiger partial charge in [0.15, 0.2) is 0 Å². The van der Waals surface area contributed by atoms with Gasteiger partial charge in [-0.2, -0.15) is 0 Å². The van der Waals surface area contributed by atoms with E-state index in [0.717, 1.165) is 42.8 Å². The summed E-state index contributed by atoms with van der Waals surface area (Å²) in [6, 6.07) is 19.2. The van der Waals surface area contributed by atoms with Crippen LogP contribution < -0.4 is 15.0 Å². The third-order valence-electron chi connectivity index (χ3n) is 7.32. The van der Waals surface area contributed by atoms with E-state index >= 15 is 0 Å². The molecule has 0 aromatic heterocycles. The molecular formula is C28H33N3O2. The highest BCUT2D eigenvalue weighted by molar-refractivity contribution is 5.98. The van der Waals surface area contributed by atoms with Gasteiger partial charge >= 0.3 is 0 Å². The topological polar surface area (TPSA) is 44.8 Å². The number of anilines is 1. The fourth-order valence-electron chi connectivity index (χ4n) is 4.73. The number of hydrogen-bond donors (Lipinski definition) is 1. The zero-order valence-electron chi connectivity index (χ0n) is 20.0. The average molecular weight is 444 g/mol. The van der Waals surface area contributed by atoms with Crippen molar-refractivity contribution in [3.63, 3.8) is 0 Å². The van der Waals surface area contributed by atoms with Crippen LogP contribution in [-0.2, 0) is 5.54 Å². The number of likely N-dealkylation sites (N-methyl/N-ethyl adjacent to an activating group) is 1. The lowest BCUT2D eigenvalue weighted by Crippen LogP contribution is -2.48. The molecular weight excluding hydrogens is 410 g/mol. The van der Waals surface area contributed by atoms with Gasteiger partial charge < -0.3 is 15.0 Å². The van der Waals surface area contributed by atoms with E-state index < -0.39 is 0 Å². The van der Waals surface area contributed by atoms with Gasteiger partial charge in [0.1, 0.15) is 12.4 Å². The number of carbonyl (C=O) groups is 1. The number of likely N-dealkylation sites (tertiary alicyclic amines) is 1.